The quantitative estimate of drug-likeness (QED) is 0.569. The molecule has 1 saturated heterocycles. The second-order valence-electron chi connectivity index (χ2n) is 6.05. The van der Waals surface area contributed by atoms with Crippen LogP contribution in [0.25, 0.3) is 0 Å². The molecule has 1 aliphatic heterocycles. The molecule has 0 aromatic carbocycles. The van der Waals surface area contributed by atoms with E-state index in [4.69, 9.17) is 13.6 Å². The first-order chi connectivity index (χ1) is 8.40. The van der Waals surface area contributed by atoms with Crippen LogP contribution in [0.15, 0.2) is 12.3 Å². The summed E-state index contributed by atoms with van der Waals surface area (Å²) in [4.78, 5) is 0. The van der Waals surface area contributed by atoms with Gasteiger partial charge in [0.2, 0.25) is 0 Å². The van der Waals surface area contributed by atoms with E-state index in [0.29, 0.717) is 24.9 Å². The van der Waals surface area contributed by atoms with E-state index in [-0.39, 0.29) is 5.41 Å². The average molecular weight is 274 g/mol. The predicted octanol–water partition coefficient (Wildman–Crippen LogP) is 4.28. The molecule has 2 fully saturated rings. The van der Waals surface area contributed by atoms with Crippen LogP contribution in [0.2, 0.25) is 0 Å². The summed E-state index contributed by atoms with van der Waals surface area (Å²) < 4.78 is 28.3. The molecule has 2 rings (SSSR count). The van der Waals surface area contributed by atoms with E-state index in [2.05, 4.69) is 6.58 Å². The molecule has 1 saturated carbocycles. The predicted molar refractivity (Wildman–Crippen MR) is 70.1 cm³/mol. The van der Waals surface area contributed by atoms with Crippen LogP contribution >= 0.6 is 7.82 Å². The van der Waals surface area contributed by atoms with Crippen LogP contribution in [0.4, 0.5) is 0 Å². The van der Waals surface area contributed by atoms with Gasteiger partial charge in [-0.15, -0.1) is 0 Å². The van der Waals surface area contributed by atoms with Gasteiger partial charge in [-0.3, -0.25) is 9.05 Å². The minimum atomic E-state index is -3.42. The van der Waals surface area contributed by atoms with Gasteiger partial charge >= 0.3 is 7.82 Å². The summed E-state index contributed by atoms with van der Waals surface area (Å²) in [5.74, 6) is 0.865. The van der Waals surface area contributed by atoms with Crippen LogP contribution in [-0.4, -0.2) is 13.2 Å². The minimum Gasteiger partial charge on any atom is -0.409 e. The fourth-order valence-electron chi connectivity index (χ4n) is 2.28. The van der Waals surface area contributed by atoms with E-state index >= 15 is 0 Å². The van der Waals surface area contributed by atoms with Crippen LogP contribution in [0.3, 0.4) is 0 Å². The Morgan fingerprint density at radius 3 is 2.33 bits per heavy atom. The lowest BCUT2D eigenvalue weighted by molar-refractivity contribution is 0.00681. The van der Waals surface area contributed by atoms with Gasteiger partial charge in [0.25, 0.3) is 0 Å². The zero-order valence-corrected chi connectivity index (χ0v) is 12.2. The van der Waals surface area contributed by atoms with E-state index in [1.165, 1.54) is 19.3 Å². The van der Waals surface area contributed by atoms with Gasteiger partial charge < -0.3 is 4.52 Å². The Hall–Kier alpha value is -0.310. The van der Waals surface area contributed by atoms with Gasteiger partial charge in [0.15, 0.2) is 0 Å². The molecule has 1 aliphatic carbocycles. The van der Waals surface area contributed by atoms with Crippen LogP contribution < -0.4 is 0 Å². The van der Waals surface area contributed by atoms with Crippen LogP contribution in [0, 0.1) is 11.3 Å². The standard InChI is InChI=1S/C13H23O4P/c1-11(12-7-5-4-6-8-12)17-18(14)15-9-13(2,3)10-16-18/h12H,1,4-10H2,2-3H3. The SMILES string of the molecule is C=C(OP1(=O)OCC(C)(C)CO1)C1CCCCC1. The summed E-state index contributed by atoms with van der Waals surface area (Å²) in [7, 11) is -3.42. The normalized spacial score (nSPS) is 27.7. The molecule has 0 radical (unpaired) electrons. The number of rotatable bonds is 3. The van der Waals surface area contributed by atoms with Crippen molar-refractivity contribution in [2.45, 2.75) is 46.0 Å². The fraction of sp³-hybridized carbons (Fsp3) is 0.846. The molecule has 104 valence electrons. The first-order valence-electron chi connectivity index (χ1n) is 6.68. The van der Waals surface area contributed by atoms with E-state index < -0.39 is 7.82 Å². The van der Waals surface area contributed by atoms with Gasteiger partial charge in [0.05, 0.1) is 13.2 Å². The first-order valence-corrected chi connectivity index (χ1v) is 8.14. The third-order valence-corrected chi connectivity index (χ3v) is 4.87. The number of allylic oxidation sites excluding steroid dienone is 1. The Morgan fingerprint density at radius 2 is 1.78 bits per heavy atom. The summed E-state index contributed by atoms with van der Waals surface area (Å²) in [6.07, 6.45) is 5.76. The van der Waals surface area contributed by atoms with Crippen molar-refractivity contribution < 1.29 is 18.1 Å². The smallest absolute Gasteiger partial charge is 0.409 e. The van der Waals surface area contributed by atoms with E-state index in [0.717, 1.165) is 12.8 Å². The molecule has 0 spiro atoms. The second-order valence-corrected chi connectivity index (χ2v) is 7.64. The molecule has 0 aromatic heterocycles. The molecular formula is C13H23O4P. The third kappa shape index (κ3) is 3.59. The largest absolute Gasteiger partial charge is 0.529 e. The highest BCUT2D eigenvalue weighted by Gasteiger charge is 2.40. The topological polar surface area (TPSA) is 44.8 Å². The molecule has 2 aliphatic rings. The molecule has 0 unspecified atom stereocenters. The third-order valence-electron chi connectivity index (χ3n) is 3.52. The van der Waals surface area contributed by atoms with Gasteiger partial charge in [0.1, 0.15) is 5.76 Å². The zero-order chi connectivity index (χ0) is 13.2. The van der Waals surface area contributed by atoms with Gasteiger partial charge in [0, 0.05) is 11.3 Å². The van der Waals surface area contributed by atoms with Gasteiger partial charge in [-0.05, 0) is 12.8 Å². The first kappa shape index (κ1) is 14.1. The van der Waals surface area contributed by atoms with E-state index in [9.17, 15) is 4.57 Å². The van der Waals surface area contributed by atoms with E-state index in [1.54, 1.807) is 0 Å². The van der Waals surface area contributed by atoms with Gasteiger partial charge in [-0.25, -0.2) is 4.57 Å². The van der Waals surface area contributed by atoms with Crippen molar-refractivity contribution >= 4 is 7.82 Å². The molecule has 5 heteroatoms. The lowest BCUT2D eigenvalue weighted by Gasteiger charge is -2.34. The molecule has 0 atom stereocenters. The highest BCUT2D eigenvalue weighted by molar-refractivity contribution is 7.48. The van der Waals surface area contributed by atoms with Crippen LogP contribution in [0.1, 0.15) is 46.0 Å². The maximum Gasteiger partial charge on any atom is 0.529 e. The van der Waals surface area contributed by atoms with Crippen LogP contribution in [0.5, 0.6) is 0 Å². The minimum absolute atomic E-state index is 0.108. The summed E-state index contributed by atoms with van der Waals surface area (Å²) in [5, 5.41) is 0. The van der Waals surface area contributed by atoms with Crippen molar-refractivity contribution in [1.82, 2.24) is 0 Å². The molecule has 0 amide bonds. The maximum absolute atomic E-state index is 12.2. The molecule has 1 heterocycles. The fourth-order valence-corrected chi connectivity index (χ4v) is 3.91. The number of hydrogen-bond donors (Lipinski definition) is 0. The molecule has 0 N–H and O–H groups in total. The van der Waals surface area contributed by atoms with Crippen molar-refractivity contribution in [3.63, 3.8) is 0 Å². The Kier molecular flexibility index (Phi) is 4.20. The number of phosphoric ester groups is 1. The van der Waals surface area contributed by atoms with Crippen molar-refractivity contribution in [2.24, 2.45) is 11.3 Å². The molecule has 18 heavy (non-hydrogen) atoms. The highest BCUT2D eigenvalue weighted by atomic mass is 31.2. The van der Waals surface area contributed by atoms with E-state index in [1.807, 2.05) is 13.8 Å². The van der Waals surface area contributed by atoms with Gasteiger partial charge in [-0.1, -0.05) is 39.7 Å². The average Bonchev–Trinajstić information content (AvgIpc) is 2.35. The molecule has 4 nitrogen and oxygen atoms in total. The molecule has 0 aromatic rings. The van der Waals surface area contributed by atoms with Crippen molar-refractivity contribution in [3.05, 3.63) is 12.3 Å². The second kappa shape index (κ2) is 5.36. The van der Waals surface area contributed by atoms with Crippen LogP contribution in [-0.2, 0) is 18.1 Å². The van der Waals surface area contributed by atoms with Crippen molar-refractivity contribution in [3.8, 4) is 0 Å². The Balaban J connectivity index is 1.88. The molecular weight excluding hydrogens is 251 g/mol. The monoisotopic (exact) mass is 274 g/mol. The summed E-state index contributed by atoms with van der Waals surface area (Å²) in [6.45, 7) is 8.69. The Bertz CT molecular complexity index is 344. The van der Waals surface area contributed by atoms with Crippen molar-refractivity contribution in [2.75, 3.05) is 13.2 Å². The van der Waals surface area contributed by atoms with Gasteiger partial charge in [-0.2, -0.15) is 0 Å². The number of phosphoric acid groups is 1. The zero-order valence-electron chi connectivity index (χ0n) is 11.3. The Morgan fingerprint density at radius 1 is 1.22 bits per heavy atom. The highest BCUT2D eigenvalue weighted by Crippen LogP contribution is 2.57. The lowest BCUT2D eigenvalue weighted by atomic mass is 9.88. The summed E-state index contributed by atoms with van der Waals surface area (Å²) >= 11 is 0. The lowest BCUT2D eigenvalue weighted by Crippen LogP contribution is -2.30. The summed E-state index contributed by atoms with van der Waals surface area (Å²) in [5.41, 5.74) is -0.108. The van der Waals surface area contributed by atoms with Crippen molar-refractivity contribution in [1.29, 1.82) is 0 Å². The summed E-state index contributed by atoms with van der Waals surface area (Å²) in [6, 6.07) is 0. The Labute approximate surface area is 109 Å². The number of hydrogen-bond acceptors (Lipinski definition) is 4. The maximum atomic E-state index is 12.2. The molecule has 0 bridgehead atoms.